The van der Waals surface area contributed by atoms with Gasteiger partial charge in [-0.15, -0.1) is 0 Å². The van der Waals surface area contributed by atoms with Crippen molar-refractivity contribution in [1.82, 2.24) is 4.90 Å². The molecule has 1 atom stereocenters. The second-order valence-electron chi connectivity index (χ2n) is 4.28. The summed E-state index contributed by atoms with van der Waals surface area (Å²) in [5, 5.41) is 0. The molecule has 2 rings (SSSR count). The number of benzene rings is 1. The van der Waals surface area contributed by atoms with E-state index < -0.39 is 0 Å². The summed E-state index contributed by atoms with van der Waals surface area (Å²) in [5.41, 5.74) is 0.848. The molecule has 4 heteroatoms. The summed E-state index contributed by atoms with van der Waals surface area (Å²) in [7, 11) is 0. The van der Waals surface area contributed by atoms with Gasteiger partial charge in [-0.1, -0.05) is 12.1 Å². The van der Waals surface area contributed by atoms with Crippen molar-refractivity contribution in [2.45, 2.75) is 26.3 Å². The minimum atomic E-state index is -0.389. The largest absolute Gasteiger partial charge is 0.300 e. The second-order valence-corrected chi connectivity index (χ2v) is 4.28. The van der Waals surface area contributed by atoms with Crippen LogP contribution in [0.2, 0.25) is 0 Å². The molecule has 0 aliphatic carbocycles. The number of hydrogen-bond acceptors (Lipinski definition) is 3. The highest BCUT2D eigenvalue weighted by atomic mass is 16.2. The first-order chi connectivity index (χ1) is 8.02. The number of nitrogens with zero attached hydrogens (tertiary/aromatic N) is 1. The van der Waals surface area contributed by atoms with Crippen molar-refractivity contribution in [2.24, 2.45) is 0 Å². The molecule has 0 unspecified atom stereocenters. The summed E-state index contributed by atoms with van der Waals surface area (Å²) < 4.78 is 0. The van der Waals surface area contributed by atoms with Crippen LogP contribution in [0.3, 0.4) is 0 Å². The predicted octanol–water partition coefficient (Wildman–Crippen LogP) is 1.65. The van der Waals surface area contributed by atoms with Crippen LogP contribution in [-0.2, 0) is 4.79 Å². The highest BCUT2D eigenvalue weighted by Crippen LogP contribution is 2.25. The Bertz CT molecular complexity index is 472. The molecule has 1 aliphatic rings. The smallest absolute Gasteiger partial charge is 0.261 e. The lowest BCUT2D eigenvalue weighted by Gasteiger charge is -2.21. The normalized spacial score (nSPS) is 16.0. The Morgan fingerprint density at radius 3 is 2.06 bits per heavy atom. The van der Waals surface area contributed by atoms with E-state index in [0.29, 0.717) is 11.1 Å². The average Bonchev–Trinajstić information content (AvgIpc) is 2.51. The first-order valence-corrected chi connectivity index (χ1v) is 5.48. The molecule has 1 aliphatic heterocycles. The fraction of sp³-hybridized carbons (Fsp3) is 0.308. The molecule has 0 radical (unpaired) electrons. The minimum Gasteiger partial charge on any atom is -0.300 e. The van der Waals surface area contributed by atoms with Crippen molar-refractivity contribution in [3.05, 3.63) is 35.4 Å². The highest BCUT2D eigenvalue weighted by Gasteiger charge is 2.38. The van der Waals surface area contributed by atoms with Crippen molar-refractivity contribution >= 4 is 17.6 Å². The van der Waals surface area contributed by atoms with E-state index in [1.54, 1.807) is 31.2 Å². The molecule has 0 saturated heterocycles. The molecule has 88 valence electrons. The van der Waals surface area contributed by atoms with Gasteiger partial charge in [0, 0.05) is 12.5 Å². The zero-order chi connectivity index (χ0) is 12.6. The predicted molar refractivity (Wildman–Crippen MR) is 61.7 cm³/mol. The van der Waals surface area contributed by atoms with Crippen LogP contribution in [0.15, 0.2) is 24.3 Å². The van der Waals surface area contributed by atoms with Crippen molar-refractivity contribution < 1.29 is 14.4 Å². The fourth-order valence-corrected chi connectivity index (χ4v) is 2.12. The molecule has 0 saturated carbocycles. The molecule has 0 bridgehead atoms. The van der Waals surface area contributed by atoms with Gasteiger partial charge in [-0.2, -0.15) is 0 Å². The van der Waals surface area contributed by atoms with Crippen molar-refractivity contribution in [3.63, 3.8) is 0 Å². The van der Waals surface area contributed by atoms with Crippen LogP contribution < -0.4 is 0 Å². The van der Waals surface area contributed by atoms with E-state index in [1.165, 1.54) is 11.8 Å². The molecule has 1 aromatic carbocycles. The van der Waals surface area contributed by atoms with E-state index in [0.717, 1.165) is 0 Å². The van der Waals surface area contributed by atoms with Crippen molar-refractivity contribution in [1.29, 1.82) is 0 Å². The first kappa shape index (κ1) is 11.5. The van der Waals surface area contributed by atoms with Gasteiger partial charge in [-0.3, -0.25) is 19.3 Å². The van der Waals surface area contributed by atoms with Gasteiger partial charge in [-0.25, -0.2) is 0 Å². The molecule has 0 aromatic heterocycles. The fourth-order valence-electron chi connectivity index (χ4n) is 2.12. The van der Waals surface area contributed by atoms with E-state index in [9.17, 15) is 14.4 Å². The van der Waals surface area contributed by atoms with Gasteiger partial charge < -0.3 is 0 Å². The zero-order valence-corrected chi connectivity index (χ0v) is 9.77. The molecule has 0 fully saturated rings. The topological polar surface area (TPSA) is 54.5 Å². The van der Waals surface area contributed by atoms with E-state index >= 15 is 0 Å². The van der Waals surface area contributed by atoms with Gasteiger partial charge in [0.15, 0.2) is 0 Å². The maximum absolute atomic E-state index is 12.0. The number of carbonyl (C=O) groups is 3. The number of carbonyl (C=O) groups excluding carboxylic acids is 3. The van der Waals surface area contributed by atoms with Gasteiger partial charge in [0.2, 0.25) is 0 Å². The van der Waals surface area contributed by atoms with Crippen molar-refractivity contribution in [2.75, 3.05) is 0 Å². The third-order valence-corrected chi connectivity index (χ3v) is 2.85. The molecule has 1 heterocycles. The highest BCUT2D eigenvalue weighted by molar-refractivity contribution is 6.21. The van der Waals surface area contributed by atoms with Crippen LogP contribution in [0.1, 0.15) is 41.0 Å². The Kier molecular flexibility index (Phi) is 2.79. The monoisotopic (exact) mass is 231 g/mol. The van der Waals surface area contributed by atoms with Crippen LogP contribution in [0, 0.1) is 0 Å². The number of amides is 2. The number of rotatable bonds is 3. The van der Waals surface area contributed by atoms with Crippen molar-refractivity contribution in [3.8, 4) is 0 Å². The summed E-state index contributed by atoms with van der Waals surface area (Å²) in [6.45, 7) is 3.16. The molecular formula is C13H13NO3. The van der Waals surface area contributed by atoms with Crippen LogP contribution in [-0.4, -0.2) is 28.5 Å². The zero-order valence-electron chi connectivity index (χ0n) is 9.77. The lowest BCUT2D eigenvalue weighted by Crippen LogP contribution is -2.38. The number of fused-ring (bicyclic) bond motifs is 1. The Morgan fingerprint density at radius 1 is 1.18 bits per heavy atom. The minimum absolute atomic E-state index is 0.0333. The van der Waals surface area contributed by atoms with E-state index in [1.807, 2.05) is 0 Å². The Hall–Kier alpha value is -1.97. The number of Topliss-reactive ketones (excluding diaryl/α,β-unsaturated/α-hetero) is 1. The molecule has 4 nitrogen and oxygen atoms in total. The summed E-state index contributed by atoms with van der Waals surface area (Å²) in [6.07, 6.45) is 0.200. The molecule has 1 aromatic rings. The Balaban J connectivity index is 2.33. The van der Waals surface area contributed by atoms with Gasteiger partial charge in [-0.05, 0) is 26.0 Å². The lowest BCUT2D eigenvalue weighted by molar-refractivity contribution is -0.117. The van der Waals surface area contributed by atoms with Gasteiger partial charge in [0.25, 0.3) is 11.8 Å². The molecule has 0 N–H and O–H groups in total. The summed E-state index contributed by atoms with van der Waals surface area (Å²) >= 11 is 0. The van der Waals surface area contributed by atoms with Crippen LogP contribution >= 0.6 is 0 Å². The summed E-state index contributed by atoms with van der Waals surface area (Å²) in [6, 6.07) is 6.33. The molecule has 17 heavy (non-hydrogen) atoms. The number of hydrogen-bond donors (Lipinski definition) is 0. The van der Waals surface area contributed by atoms with E-state index in [4.69, 9.17) is 0 Å². The van der Waals surface area contributed by atoms with E-state index in [-0.39, 0.29) is 30.1 Å². The summed E-state index contributed by atoms with van der Waals surface area (Å²) in [5.74, 6) is -0.646. The summed E-state index contributed by atoms with van der Waals surface area (Å²) in [4.78, 5) is 36.3. The quantitative estimate of drug-likeness (QED) is 0.743. The SMILES string of the molecule is CC(=O)C[C@H](C)N1C(=O)c2ccccc2C1=O. The Labute approximate surface area is 99.2 Å². The molecular weight excluding hydrogens is 218 g/mol. The molecule has 2 amide bonds. The number of ketones is 1. The lowest BCUT2D eigenvalue weighted by atomic mass is 10.1. The molecule has 0 spiro atoms. The standard InChI is InChI=1S/C13H13NO3/c1-8(7-9(2)15)14-12(16)10-5-3-4-6-11(10)13(14)17/h3-6,8H,7H2,1-2H3/t8-/m0/s1. The average molecular weight is 231 g/mol. The van der Waals surface area contributed by atoms with E-state index in [2.05, 4.69) is 0 Å². The van der Waals surface area contributed by atoms with Gasteiger partial charge in [0.05, 0.1) is 11.1 Å². The maximum atomic E-state index is 12.0. The van der Waals surface area contributed by atoms with Gasteiger partial charge >= 0.3 is 0 Å². The van der Waals surface area contributed by atoms with Crippen LogP contribution in [0.25, 0.3) is 0 Å². The van der Waals surface area contributed by atoms with Crippen LogP contribution in [0.4, 0.5) is 0 Å². The Morgan fingerprint density at radius 2 is 1.65 bits per heavy atom. The second kappa shape index (κ2) is 4.13. The van der Waals surface area contributed by atoms with Crippen LogP contribution in [0.5, 0.6) is 0 Å². The first-order valence-electron chi connectivity index (χ1n) is 5.48. The maximum Gasteiger partial charge on any atom is 0.261 e. The third kappa shape index (κ3) is 1.86. The van der Waals surface area contributed by atoms with Gasteiger partial charge in [0.1, 0.15) is 5.78 Å². The third-order valence-electron chi connectivity index (χ3n) is 2.85. The number of imide groups is 1.